The van der Waals surface area contributed by atoms with Crippen LogP contribution in [0, 0.1) is 0 Å². The molecule has 1 aromatic carbocycles. The highest BCUT2D eigenvalue weighted by atomic mass is 16.5. The number of carbonyl (C=O) groups is 1. The molecular formula is C19H31N3O3. The number of methoxy groups -OCH3 is 1. The van der Waals surface area contributed by atoms with Crippen LogP contribution in [0.3, 0.4) is 0 Å². The van der Waals surface area contributed by atoms with Gasteiger partial charge in [0.15, 0.2) is 0 Å². The fourth-order valence-corrected chi connectivity index (χ4v) is 3.27. The normalized spacial score (nSPS) is 21.1. The van der Waals surface area contributed by atoms with Crippen LogP contribution in [0.15, 0.2) is 18.2 Å². The average molecular weight is 349 g/mol. The lowest BCUT2D eigenvalue weighted by atomic mass is 10.0. The van der Waals surface area contributed by atoms with E-state index in [0.717, 1.165) is 24.3 Å². The monoisotopic (exact) mass is 349 g/mol. The Bertz CT molecular complexity index is 602. The smallest absolute Gasteiger partial charge is 0.410 e. The van der Waals surface area contributed by atoms with E-state index in [1.165, 1.54) is 7.11 Å². The van der Waals surface area contributed by atoms with E-state index in [9.17, 15) is 4.79 Å². The van der Waals surface area contributed by atoms with Crippen LogP contribution in [-0.2, 0) is 16.0 Å². The summed E-state index contributed by atoms with van der Waals surface area (Å²) in [5.41, 5.74) is 8.46. The molecule has 0 spiro atoms. The summed E-state index contributed by atoms with van der Waals surface area (Å²) in [5, 5.41) is 0. The molecule has 1 saturated heterocycles. The number of nitrogen functional groups attached to an aromatic ring is 1. The number of benzene rings is 1. The van der Waals surface area contributed by atoms with Crippen molar-refractivity contribution >= 4 is 17.5 Å². The molecule has 0 aliphatic carbocycles. The van der Waals surface area contributed by atoms with E-state index >= 15 is 0 Å². The molecule has 1 aliphatic rings. The quantitative estimate of drug-likeness (QED) is 0.849. The fourth-order valence-electron chi connectivity index (χ4n) is 3.27. The number of morpholine rings is 1. The first kappa shape index (κ1) is 19.4. The lowest BCUT2D eigenvalue weighted by Gasteiger charge is -2.39. The molecule has 25 heavy (non-hydrogen) atoms. The number of nitrogens with zero attached hydrogens (tertiary/aromatic N) is 2. The maximum Gasteiger partial charge on any atom is 0.410 e. The van der Waals surface area contributed by atoms with Crippen LogP contribution in [-0.4, -0.2) is 48.9 Å². The van der Waals surface area contributed by atoms with Crippen LogP contribution >= 0.6 is 0 Å². The molecule has 1 fully saturated rings. The first-order chi connectivity index (χ1) is 11.6. The highest BCUT2D eigenvalue weighted by Gasteiger charge is 2.30. The molecule has 6 heteroatoms. The molecule has 2 rings (SSSR count). The van der Waals surface area contributed by atoms with E-state index in [0.29, 0.717) is 12.2 Å². The Morgan fingerprint density at radius 1 is 1.32 bits per heavy atom. The van der Waals surface area contributed by atoms with Gasteiger partial charge in [-0.05, 0) is 58.4 Å². The Hall–Kier alpha value is -1.95. The first-order valence-corrected chi connectivity index (χ1v) is 8.76. The Kier molecular flexibility index (Phi) is 5.83. The zero-order chi connectivity index (χ0) is 18.8. The van der Waals surface area contributed by atoms with Crippen LogP contribution in [0.2, 0.25) is 0 Å². The zero-order valence-corrected chi connectivity index (χ0v) is 16.2. The number of hydrogen-bond donors (Lipinski definition) is 1. The van der Waals surface area contributed by atoms with E-state index in [1.54, 1.807) is 4.90 Å². The lowest BCUT2D eigenvalue weighted by Crippen LogP contribution is -2.47. The summed E-state index contributed by atoms with van der Waals surface area (Å²) in [6.45, 7) is 12.2. The molecule has 140 valence electrons. The van der Waals surface area contributed by atoms with Gasteiger partial charge in [-0.3, -0.25) is 4.90 Å². The van der Waals surface area contributed by atoms with Crippen molar-refractivity contribution in [3.8, 4) is 0 Å². The molecule has 2 atom stereocenters. The van der Waals surface area contributed by atoms with Gasteiger partial charge in [-0.2, -0.15) is 0 Å². The van der Waals surface area contributed by atoms with Crippen molar-refractivity contribution < 1.29 is 14.3 Å². The average Bonchev–Trinajstić information content (AvgIpc) is 2.50. The molecule has 1 aliphatic heterocycles. The van der Waals surface area contributed by atoms with Crippen molar-refractivity contribution in [1.29, 1.82) is 0 Å². The molecule has 0 radical (unpaired) electrons. The molecule has 1 aromatic rings. The van der Waals surface area contributed by atoms with E-state index in [2.05, 4.69) is 18.7 Å². The molecule has 0 saturated carbocycles. The number of nitrogens with two attached hydrogens (primary N) is 1. The van der Waals surface area contributed by atoms with Crippen molar-refractivity contribution in [2.45, 2.75) is 58.9 Å². The van der Waals surface area contributed by atoms with Crippen molar-refractivity contribution in [3.05, 3.63) is 23.8 Å². The highest BCUT2D eigenvalue weighted by molar-refractivity contribution is 5.69. The molecular weight excluding hydrogens is 318 g/mol. The summed E-state index contributed by atoms with van der Waals surface area (Å²) >= 11 is 0. The summed E-state index contributed by atoms with van der Waals surface area (Å²) in [5.74, 6) is 0. The minimum atomic E-state index is -0.361. The minimum Gasteiger partial charge on any atom is -0.453 e. The summed E-state index contributed by atoms with van der Waals surface area (Å²) in [6, 6.07) is 5.89. The van der Waals surface area contributed by atoms with Crippen molar-refractivity contribution in [2.75, 3.05) is 30.8 Å². The fraction of sp³-hybridized carbons (Fsp3) is 0.632. The van der Waals surface area contributed by atoms with Gasteiger partial charge in [-0.25, -0.2) is 4.79 Å². The Morgan fingerprint density at radius 2 is 1.92 bits per heavy atom. The second kappa shape index (κ2) is 7.52. The van der Waals surface area contributed by atoms with Gasteiger partial charge in [0.2, 0.25) is 0 Å². The first-order valence-electron chi connectivity index (χ1n) is 8.76. The Balaban J connectivity index is 2.36. The maximum atomic E-state index is 12.3. The molecule has 2 N–H and O–H groups in total. The second-order valence-electron chi connectivity index (χ2n) is 7.78. The number of hydrogen-bond acceptors (Lipinski definition) is 5. The SMILES string of the molecule is COC(=O)N(Cc1cc(N)ccc1N1C[C@@H](C)O[C@@H](C)C1)C(C)(C)C. The molecule has 1 amide bonds. The van der Waals surface area contributed by atoms with Crippen LogP contribution in [0.1, 0.15) is 40.2 Å². The number of anilines is 2. The van der Waals surface area contributed by atoms with Gasteiger partial charge in [-0.1, -0.05) is 0 Å². The highest BCUT2D eigenvalue weighted by Crippen LogP contribution is 2.29. The standard InChI is InChI=1S/C19H31N3O3/c1-13-10-21(11-14(2)25-13)17-8-7-16(20)9-15(17)12-22(18(23)24-6)19(3,4)5/h7-9,13-14H,10-12,20H2,1-6H3/t13-,14+. The predicted octanol–water partition coefficient (Wildman–Crippen LogP) is 3.25. The Morgan fingerprint density at radius 3 is 2.44 bits per heavy atom. The summed E-state index contributed by atoms with van der Waals surface area (Å²) in [7, 11) is 1.41. The summed E-state index contributed by atoms with van der Waals surface area (Å²) < 4.78 is 10.8. The molecule has 0 unspecified atom stereocenters. The zero-order valence-electron chi connectivity index (χ0n) is 16.2. The minimum absolute atomic E-state index is 0.161. The van der Waals surface area contributed by atoms with Crippen LogP contribution in [0.4, 0.5) is 16.2 Å². The van der Waals surface area contributed by atoms with E-state index in [-0.39, 0.29) is 23.8 Å². The number of carbonyl (C=O) groups excluding carboxylic acids is 1. The Labute approximate surface area is 150 Å². The van der Waals surface area contributed by atoms with Gasteiger partial charge >= 0.3 is 6.09 Å². The lowest BCUT2D eigenvalue weighted by molar-refractivity contribution is -0.00534. The van der Waals surface area contributed by atoms with Crippen molar-refractivity contribution in [1.82, 2.24) is 4.90 Å². The number of ether oxygens (including phenoxy) is 2. The molecule has 6 nitrogen and oxygen atoms in total. The topological polar surface area (TPSA) is 68.0 Å². The molecule has 0 aromatic heterocycles. The predicted molar refractivity (Wildman–Crippen MR) is 101 cm³/mol. The van der Waals surface area contributed by atoms with Gasteiger partial charge in [0, 0.05) is 30.0 Å². The van der Waals surface area contributed by atoms with Crippen molar-refractivity contribution in [3.63, 3.8) is 0 Å². The van der Waals surface area contributed by atoms with E-state index in [1.807, 2.05) is 39.0 Å². The largest absolute Gasteiger partial charge is 0.453 e. The third-order valence-electron chi connectivity index (χ3n) is 4.40. The number of amides is 1. The van der Waals surface area contributed by atoms with Gasteiger partial charge in [0.1, 0.15) is 0 Å². The molecule has 1 heterocycles. The second-order valence-corrected chi connectivity index (χ2v) is 7.78. The summed E-state index contributed by atoms with van der Waals surface area (Å²) in [6.07, 6.45) is -0.0217. The number of rotatable bonds is 3. The van der Waals surface area contributed by atoms with Gasteiger partial charge < -0.3 is 20.1 Å². The van der Waals surface area contributed by atoms with Crippen LogP contribution in [0.5, 0.6) is 0 Å². The third-order valence-corrected chi connectivity index (χ3v) is 4.40. The van der Waals surface area contributed by atoms with E-state index in [4.69, 9.17) is 15.2 Å². The van der Waals surface area contributed by atoms with Gasteiger partial charge in [0.25, 0.3) is 0 Å². The van der Waals surface area contributed by atoms with Gasteiger partial charge in [0.05, 0.1) is 25.9 Å². The van der Waals surface area contributed by atoms with Crippen LogP contribution < -0.4 is 10.6 Å². The molecule has 0 bridgehead atoms. The summed E-state index contributed by atoms with van der Waals surface area (Å²) in [4.78, 5) is 16.3. The van der Waals surface area contributed by atoms with Crippen molar-refractivity contribution in [2.24, 2.45) is 0 Å². The van der Waals surface area contributed by atoms with Gasteiger partial charge in [-0.15, -0.1) is 0 Å². The van der Waals surface area contributed by atoms with Crippen LogP contribution in [0.25, 0.3) is 0 Å². The maximum absolute atomic E-state index is 12.3. The van der Waals surface area contributed by atoms with E-state index < -0.39 is 0 Å². The third kappa shape index (κ3) is 4.78.